The minimum atomic E-state index is -1.97. The fraction of sp³-hybridized carbons (Fsp3) is 0.625. The summed E-state index contributed by atoms with van der Waals surface area (Å²) in [6.45, 7) is 6.35. The molecule has 1 nitrogen and oxygen atoms in total. The number of hydrogen-bond donors (Lipinski definition) is 0. The number of ether oxygens (including phenoxy) is 1. The van der Waals surface area contributed by atoms with Gasteiger partial charge in [-0.25, -0.2) is 0 Å². The standard InChI is InChI=1S/C5H7O.3CH3.Sn/c1-3-5-6-4-2;;;;/h1,4H2,2H3;3*1H3;. The van der Waals surface area contributed by atoms with Crippen molar-refractivity contribution in [3.63, 3.8) is 0 Å². The Labute approximate surface area is 67.6 Å². The van der Waals surface area contributed by atoms with Gasteiger partial charge in [0.05, 0.1) is 0 Å². The molecule has 2 heteroatoms. The molecular formula is C8H16OSn. The summed E-state index contributed by atoms with van der Waals surface area (Å²) in [6, 6.07) is 0. The Kier molecular flexibility index (Phi) is 4.14. The fourth-order valence-corrected chi connectivity index (χ4v) is 3.84. The Morgan fingerprint density at radius 3 is 2.10 bits per heavy atom. The van der Waals surface area contributed by atoms with Gasteiger partial charge in [0, 0.05) is 0 Å². The molecule has 0 aromatic rings. The third kappa shape index (κ3) is 3.33. The van der Waals surface area contributed by atoms with Gasteiger partial charge in [-0.15, -0.1) is 0 Å². The SMILES string of the molecule is C=C=[C](OCC)[Sn]([CH3])([CH3])[CH3]. The third-order valence-electron chi connectivity index (χ3n) is 1.13. The van der Waals surface area contributed by atoms with E-state index in [0.29, 0.717) is 0 Å². The molecule has 0 aromatic heterocycles. The summed E-state index contributed by atoms with van der Waals surface area (Å²) in [7, 11) is 0. The molecule has 0 N–H and O–H groups in total. The topological polar surface area (TPSA) is 9.23 Å². The molecule has 0 spiro atoms. The van der Waals surface area contributed by atoms with E-state index in [9.17, 15) is 0 Å². The summed E-state index contributed by atoms with van der Waals surface area (Å²) >= 11 is -1.97. The van der Waals surface area contributed by atoms with Crippen molar-refractivity contribution >= 4 is 18.4 Å². The Bertz CT molecular complexity index is 149. The molecule has 0 saturated carbocycles. The van der Waals surface area contributed by atoms with E-state index in [1.165, 1.54) is 0 Å². The molecule has 0 atom stereocenters. The van der Waals surface area contributed by atoms with Crippen LogP contribution in [-0.2, 0) is 4.74 Å². The van der Waals surface area contributed by atoms with Crippen LogP contribution in [0.3, 0.4) is 0 Å². The monoisotopic (exact) mass is 248 g/mol. The van der Waals surface area contributed by atoms with Gasteiger partial charge in [0.25, 0.3) is 0 Å². The first-order valence-corrected chi connectivity index (χ1v) is 13.5. The molecule has 0 saturated heterocycles. The van der Waals surface area contributed by atoms with Crippen molar-refractivity contribution in [2.45, 2.75) is 21.7 Å². The van der Waals surface area contributed by atoms with Crippen LogP contribution in [0.25, 0.3) is 0 Å². The molecule has 0 fully saturated rings. The van der Waals surface area contributed by atoms with Crippen molar-refractivity contribution in [2.75, 3.05) is 6.61 Å². The molecular weight excluding hydrogens is 231 g/mol. The molecule has 0 aliphatic rings. The Morgan fingerprint density at radius 2 is 2.00 bits per heavy atom. The second-order valence-corrected chi connectivity index (χ2v) is 17.3. The minimum absolute atomic E-state index is 0.742. The Hall–Kier alpha value is 0.119. The van der Waals surface area contributed by atoms with Crippen LogP contribution in [0.15, 0.2) is 16.1 Å². The maximum absolute atomic E-state index is 5.39. The van der Waals surface area contributed by atoms with Crippen molar-refractivity contribution in [1.29, 1.82) is 0 Å². The van der Waals surface area contributed by atoms with E-state index < -0.39 is 18.4 Å². The summed E-state index contributed by atoms with van der Waals surface area (Å²) < 4.78 is 6.44. The van der Waals surface area contributed by atoms with Crippen LogP contribution in [-0.4, -0.2) is 25.0 Å². The second kappa shape index (κ2) is 4.09. The predicted octanol–water partition coefficient (Wildman–Crippen LogP) is 2.57. The van der Waals surface area contributed by atoms with Gasteiger partial charge in [0.2, 0.25) is 0 Å². The first-order chi connectivity index (χ1) is 4.52. The average Bonchev–Trinajstić information content (AvgIpc) is 1.80. The van der Waals surface area contributed by atoms with E-state index in [2.05, 4.69) is 27.1 Å². The molecule has 58 valence electrons. The third-order valence-corrected chi connectivity index (χ3v) is 5.94. The van der Waals surface area contributed by atoms with E-state index in [4.69, 9.17) is 4.74 Å². The maximum atomic E-state index is 5.39. The molecule has 0 aromatic carbocycles. The zero-order valence-corrected chi connectivity index (χ0v) is 10.2. The molecule has 0 bridgehead atoms. The summed E-state index contributed by atoms with van der Waals surface area (Å²) in [6.07, 6.45) is 0. The van der Waals surface area contributed by atoms with Gasteiger partial charge in [-0.05, 0) is 0 Å². The molecule has 0 aliphatic carbocycles. The molecule has 0 amide bonds. The van der Waals surface area contributed by atoms with Crippen LogP contribution in [0, 0.1) is 0 Å². The van der Waals surface area contributed by atoms with E-state index in [1.807, 2.05) is 6.92 Å². The van der Waals surface area contributed by atoms with Gasteiger partial charge in [-0.1, -0.05) is 0 Å². The van der Waals surface area contributed by atoms with E-state index in [-0.39, 0.29) is 0 Å². The summed E-state index contributed by atoms with van der Waals surface area (Å²) in [5.74, 6) is 0. The molecule has 0 heterocycles. The van der Waals surface area contributed by atoms with E-state index >= 15 is 0 Å². The van der Waals surface area contributed by atoms with Gasteiger partial charge < -0.3 is 0 Å². The fourth-order valence-electron chi connectivity index (χ4n) is 0.677. The van der Waals surface area contributed by atoms with Gasteiger partial charge in [0.1, 0.15) is 0 Å². The van der Waals surface area contributed by atoms with Crippen molar-refractivity contribution in [3.8, 4) is 0 Å². The van der Waals surface area contributed by atoms with Crippen LogP contribution >= 0.6 is 0 Å². The summed E-state index contributed by atoms with van der Waals surface area (Å²) in [5, 5.41) is 0. The molecule has 0 radical (unpaired) electrons. The molecule has 0 unspecified atom stereocenters. The van der Waals surface area contributed by atoms with Crippen LogP contribution in [0.2, 0.25) is 14.8 Å². The molecule has 0 aliphatic heterocycles. The first-order valence-electron chi connectivity index (χ1n) is 3.55. The van der Waals surface area contributed by atoms with Gasteiger partial charge in [0.15, 0.2) is 0 Å². The zero-order chi connectivity index (χ0) is 8.20. The Balaban J connectivity index is 4.24. The van der Waals surface area contributed by atoms with Crippen LogP contribution in [0.5, 0.6) is 0 Å². The predicted molar refractivity (Wildman–Crippen MR) is 47.6 cm³/mol. The number of hydrogen-bond acceptors (Lipinski definition) is 1. The average molecular weight is 247 g/mol. The van der Waals surface area contributed by atoms with Crippen molar-refractivity contribution < 1.29 is 4.74 Å². The van der Waals surface area contributed by atoms with Crippen LogP contribution in [0.4, 0.5) is 0 Å². The molecule has 10 heavy (non-hydrogen) atoms. The second-order valence-electron chi connectivity index (χ2n) is 3.19. The van der Waals surface area contributed by atoms with Gasteiger partial charge in [-0.2, -0.15) is 0 Å². The van der Waals surface area contributed by atoms with Crippen molar-refractivity contribution in [2.24, 2.45) is 0 Å². The van der Waals surface area contributed by atoms with Gasteiger partial charge >= 0.3 is 67.5 Å². The van der Waals surface area contributed by atoms with Crippen LogP contribution in [0.1, 0.15) is 6.92 Å². The summed E-state index contributed by atoms with van der Waals surface area (Å²) in [5.41, 5.74) is 2.88. The number of rotatable bonds is 3. The van der Waals surface area contributed by atoms with Crippen LogP contribution < -0.4 is 0 Å². The normalized spacial score (nSPS) is 10.4. The van der Waals surface area contributed by atoms with Crippen molar-refractivity contribution in [3.05, 3.63) is 16.1 Å². The quantitative estimate of drug-likeness (QED) is 0.423. The van der Waals surface area contributed by atoms with E-state index in [0.717, 1.165) is 10.4 Å². The Morgan fingerprint density at radius 1 is 1.50 bits per heavy atom. The first kappa shape index (κ1) is 10.1. The van der Waals surface area contributed by atoms with Crippen molar-refractivity contribution in [1.82, 2.24) is 0 Å². The zero-order valence-electron chi connectivity index (χ0n) is 7.32. The van der Waals surface area contributed by atoms with Gasteiger partial charge in [-0.3, -0.25) is 0 Å². The molecule has 0 rings (SSSR count). The summed E-state index contributed by atoms with van der Waals surface area (Å²) in [4.78, 5) is 6.87. The van der Waals surface area contributed by atoms with E-state index in [1.54, 1.807) is 0 Å².